The Hall–Kier alpha value is -1.62. The van der Waals surface area contributed by atoms with Crippen molar-refractivity contribution in [1.82, 2.24) is 9.88 Å². The molecular formula is C11H17N3O2. The molecule has 1 aromatic rings. The molecule has 16 heavy (non-hydrogen) atoms. The van der Waals surface area contributed by atoms with Crippen LogP contribution in [0.15, 0.2) is 18.3 Å². The highest BCUT2D eigenvalue weighted by molar-refractivity contribution is 5.93. The van der Waals surface area contributed by atoms with Crippen LogP contribution in [-0.4, -0.2) is 47.6 Å². The maximum Gasteiger partial charge on any atom is 0.254 e. The molecule has 88 valence electrons. The molecule has 0 spiro atoms. The molecule has 0 aliphatic rings. The Balaban J connectivity index is 2.71. The maximum absolute atomic E-state index is 11.6. The lowest BCUT2D eigenvalue weighted by molar-refractivity contribution is 0.0827. The first-order valence-electron chi connectivity index (χ1n) is 5.09. The average Bonchev–Trinajstić information content (AvgIpc) is 2.28. The van der Waals surface area contributed by atoms with E-state index >= 15 is 0 Å². The van der Waals surface area contributed by atoms with Gasteiger partial charge in [0.05, 0.1) is 12.2 Å². The summed E-state index contributed by atoms with van der Waals surface area (Å²) in [7, 11) is 3.39. The Morgan fingerprint density at radius 3 is 2.69 bits per heavy atom. The molecule has 5 nitrogen and oxygen atoms in total. The lowest BCUT2D eigenvalue weighted by Crippen LogP contribution is -2.22. The van der Waals surface area contributed by atoms with E-state index in [0.717, 1.165) is 0 Å². The fourth-order valence-electron chi connectivity index (χ4n) is 1.16. The van der Waals surface area contributed by atoms with Gasteiger partial charge in [-0.25, -0.2) is 4.98 Å². The molecule has 1 atom stereocenters. The monoisotopic (exact) mass is 223 g/mol. The van der Waals surface area contributed by atoms with Crippen LogP contribution >= 0.6 is 0 Å². The summed E-state index contributed by atoms with van der Waals surface area (Å²) in [5.74, 6) is 0.575. The number of amides is 1. The number of hydrogen-bond donors (Lipinski definition) is 2. The van der Waals surface area contributed by atoms with Crippen molar-refractivity contribution in [3.05, 3.63) is 23.9 Å². The second kappa shape index (κ2) is 5.46. The molecule has 1 heterocycles. The zero-order valence-corrected chi connectivity index (χ0v) is 9.77. The van der Waals surface area contributed by atoms with Crippen LogP contribution in [0.25, 0.3) is 0 Å². The van der Waals surface area contributed by atoms with Crippen molar-refractivity contribution in [2.24, 2.45) is 0 Å². The quantitative estimate of drug-likeness (QED) is 0.783. The molecular weight excluding hydrogens is 206 g/mol. The molecule has 0 fully saturated rings. The Bertz CT molecular complexity index is 349. The van der Waals surface area contributed by atoms with E-state index in [1.807, 2.05) is 6.92 Å². The minimum Gasteiger partial charge on any atom is -0.394 e. The van der Waals surface area contributed by atoms with E-state index in [-0.39, 0.29) is 18.6 Å². The molecule has 1 unspecified atom stereocenters. The van der Waals surface area contributed by atoms with Crippen molar-refractivity contribution in [3.8, 4) is 0 Å². The molecule has 0 bridgehead atoms. The molecule has 0 aliphatic carbocycles. The van der Waals surface area contributed by atoms with Crippen LogP contribution < -0.4 is 5.32 Å². The molecule has 1 aromatic heterocycles. The van der Waals surface area contributed by atoms with Crippen LogP contribution in [0.1, 0.15) is 17.3 Å². The summed E-state index contributed by atoms with van der Waals surface area (Å²) in [6.45, 7) is 1.89. The number of anilines is 1. The van der Waals surface area contributed by atoms with Gasteiger partial charge in [0.2, 0.25) is 0 Å². The van der Waals surface area contributed by atoms with Crippen molar-refractivity contribution in [2.75, 3.05) is 26.0 Å². The van der Waals surface area contributed by atoms with Crippen LogP contribution in [0.3, 0.4) is 0 Å². The van der Waals surface area contributed by atoms with Crippen LogP contribution in [-0.2, 0) is 0 Å². The fraction of sp³-hybridized carbons (Fsp3) is 0.455. The molecule has 0 saturated heterocycles. The zero-order valence-electron chi connectivity index (χ0n) is 9.77. The summed E-state index contributed by atoms with van der Waals surface area (Å²) in [6, 6.07) is 3.38. The second-order valence-corrected chi connectivity index (χ2v) is 3.86. The van der Waals surface area contributed by atoms with Crippen molar-refractivity contribution in [1.29, 1.82) is 0 Å². The van der Waals surface area contributed by atoms with Crippen LogP contribution in [0.4, 0.5) is 5.82 Å². The number of nitrogens with zero attached hydrogens (tertiary/aromatic N) is 2. The maximum atomic E-state index is 11.6. The number of aliphatic hydroxyl groups excluding tert-OH is 1. The first-order chi connectivity index (χ1) is 7.54. The minimum atomic E-state index is -0.0748. The molecule has 1 rings (SSSR count). The van der Waals surface area contributed by atoms with Gasteiger partial charge < -0.3 is 15.3 Å². The van der Waals surface area contributed by atoms with E-state index in [2.05, 4.69) is 10.3 Å². The van der Waals surface area contributed by atoms with Crippen molar-refractivity contribution in [2.45, 2.75) is 13.0 Å². The number of carbonyl (C=O) groups is 1. The smallest absolute Gasteiger partial charge is 0.254 e. The van der Waals surface area contributed by atoms with Crippen LogP contribution in [0, 0.1) is 0 Å². The zero-order chi connectivity index (χ0) is 12.1. The van der Waals surface area contributed by atoms with E-state index in [1.54, 1.807) is 26.2 Å². The Kier molecular flexibility index (Phi) is 4.25. The molecule has 5 heteroatoms. The molecule has 0 aromatic carbocycles. The molecule has 0 radical (unpaired) electrons. The first-order valence-corrected chi connectivity index (χ1v) is 5.09. The molecule has 1 amide bonds. The number of aliphatic hydroxyl groups is 1. The van der Waals surface area contributed by atoms with E-state index < -0.39 is 0 Å². The van der Waals surface area contributed by atoms with Gasteiger partial charge in [-0.1, -0.05) is 0 Å². The number of pyridine rings is 1. The van der Waals surface area contributed by atoms with Gasteiger partial charge in [0.25, 0.3) is 5.91 Å². The average molecular weight is 223 g/mol. The highest BCUT2D eigenvalue weighted by Crippen LogP contribution is 2.07. The third-order valence-electron chi connectivity index (χ3n) is 2.08. The minimum absolute atomic E-state index is 0.0417. The Morgan fingerprint density at radius 1 is 1.56 bits per heavy atom. The van der Waals surface area contributed by atoms with Gasteiger partial charge in [-0.15, -0.1) is 0 Å². The number of aromatic nitrogens is 1. The summed E-state index contributed by atoms with van der Waals surface area (Å²) in [4.78, 5) is 17.2. The van der Waals surface area contributed by atoms with Crippen molar-refractivity contribution < 1.29 is 9.90 Å². The fourth-order valence-corrected chi connectivity index (χ4v) is 1.16. The predicted octanol–water partition coefficient (Wildman–Crippen LogP) is 0.576. The normalized spacial score (nSPS) is 12.0. The van der Waals surface area contributed by atoms with E-state index in [1.165, 1.54) is 11.1 Å². The SMILES string of the molecule is CC(CO)Nc1ccc(C(=O)N(C)C)cn1. The first kappa shape index (κ1) is 12.4. The van der Waals surface area contributed by atoms with Gasteiger partial charge in [-0.3, -0.25) is 4.79 Å². The summed E-state index contributed by atoms with van der Waals surface area (Å²) < 4.78 is 0. The van der Waals surface area contributed by atoms with Gasteiger partial charge in [0.15, 0.2) is 0 Å². The predicted molar refractivity (Wildman–Crippen MR) is 62.4 cm³/mol. The summed E-state index contributed by atoms with van der Waals surface area (Å²) in [5, 5.41) is 11.9. The van der Waals surface area contributed by atoms with E-state index in [0.29, 0.717) is 11.4 Å². The number of rotatable bonds is 4. The van der Waals surface area contributed by atoms with E-state index in [4.69, 9.17) is 5.11 Å². The topological polar surface area (TPSA) is 65.5 Å². The third-order valence-corrected chi connectivity index (χ3v) is 2.08. The van der Waals surface area contributed by atoms with Gasteiger partial charge in [-0.2, -0.15) is 0 Å². The van der Waals surface area contributed by atoms with Crippen molar-refractivity contribution >= 4 is 11.7 Å². The second-order valence-electron chi connectivity index (χ2n) is 3.86. The summed E-state index contributed by atoms with van der Waals surface area (Å²) in [6.07, 6.45) is 1.52. The standard InChI is InChI=1S/C11H17N3O2/c1-8(7-15)13-10-5-4-9(6-12-10)11(16)14(2)3/h4-6,8,15H,7H2,1-3H3,(H,12,13). The Morgan fingerprint density at radius 2 is 2.25 bits per heavy atom. The number of carbonyl (C=O) groups excluding carboxylic acids is 1. The van der Waals surface area contributed by atoms with Crippen molar-refractivity contribution in [3.63, 3.8) is 0 Å². The molecule has 0 aliphatic heterocycles. The lowest BCUT2D eigenvalue weighted by atomic mass is 10.2. The highest BCUT2D eigenvalue weighted by Gasteiger charge is 2.08. The highest BCUT2D eigenvalue weighted by atomic mass is 16.3. The van der Waals surface area contributed by atoms with Gasteiger partial charge >= 0.3 is 0 Å². The molecule has 0 saturated carbocycles. The van der Waals surface area contributed by atoms with Gasteiger partial charge in [-0.05, 0) is 19.1 Å². The van der Waals surface area contributed by atoms with Gasteiger partial charge in [0, 0.05) is 26.3 Å². The van der Waals surface area contributed by atoms with E-state index in [9.17, 15) is 4.79 Å². The number of hydrogen-bond acceptors (Lipinski definition) is 4. The van der Waals surface area contributed by atoms with Crippen LogP contribution in [0.5, 0.6) is 0 Å². The lowest BCUT2D eigenvalue weighted by Gasteiger charge is -2.13. The number of nitrogens with one attached hydrogen (secondary N) is 1. The summed E-state index contributed by atoms with van der Waals surface area (Å²) >= 11 is 0. The largest absolute Gasteiger partial charge is 0.394 e. The summed E-state index contributed by atoms with van der Waals surface area (Å²) in [5.41, 5.74) is 0.548. The van der Waals surface area contributed by atoms with Gasteiger partial charge in [0.1, 0.15) is 5.82 Å². The Labute approximate surface area is 95.1 Å². The third kappa shape index (κ3) is 3.20. The van der Waals surface area contributed by atoms with Crippen LogP contribution in [0.2, 0.25) is 0 Å². The molecule has 2 N–H and O–H groups in total.